The van der Waals surface area contributed by atoms with Gasteiger partial charge < -0.3 is 10.1 Å². The molecule has 1 aliphatic carbocycles. The summed E-state index contributed by atoms with van der Waals surface area (Å²) in [5, 5.41) is 3.35. The Morgan fingerprint density at radius 2 is 2.06 bits per heavy atom. The van der Waals surface area contributed by atoms with E-state index in [0.717, 1.165) is 25.6 Å². The van der Waals surface area contributed by atoms with Gasteiger partial charge in [0, 0.05) is 13.1 Å². The summed E-state index contributed by atoms with van der Waals surface area (Å²) in [5.74, 6) is 0.835. The number of hydrogen-bond donors (Lipinski definition) is 1. The summed E-state index contributed by atoms with van der Waals surface area (Å²) in [7, 11) is 0. The van der Waals surface area contributed by atoms with E-state index in [1.807, 2.05) is 0 Å². The summed E-state index contributed by atoms with van der Waals surface area (Å²) in [4.78, 5) is 0. The molecule has 1 N–H and O–H groups in total. The third-order valence-corrected chi connectivity index (χ3v) is 3.75. The number of rotatable bonds is 4. The predicted molar refractivity (Wildman–Crippen MR) is 64.4 cm³/mol. The number of ether oxygens (including phenoxy) is 1. The molecule has 0 radical (unpaired) electrons. The largest absolute Gasteiger partial charge is 0.367 e. The molecule has 0 unspecified atom stereocenters. The van der Waals surface area contributed by atoms with Crippen LogP contribution in [0.15, 0.2) is 24.3 Å². The number of nitrogens with one attached hydrogen (secondary N) is 1. The van der Waals surface area contributed by atoms with Gasteiger partial charge >= 0.3 is 0 Å². The zero-order valence-corrected chi connectivity index (χ0v) is 9.83. The molecule has 16 heavy (non-hydrogen) atoms. The van der Waals surface area contributed by atoms with Crippen LogP contribution in [0.5, 0.6) is 0 Å². The smallest absolute Gasteiger partial charge is 0.118 e. The highest BCUT2D eigenvalue weighted by Gasteiger charge is 2.41. The number of hydrogen-bond acceptors (Lipinski definition) is 2. The van der Waals surface area contributed by atoms with Crippen molar-refractivity contribution in [1.82, 2.24) is 5.32 Å². The molecular formula is C14H19NO. The first kappa shape index (κ1) is 10.3. The van der Waals surface area contributed by atoms with E-state index < -0.39 is 0 Å². The van der Waals surface area contributed by atoms with Gasteiger partial charge in [0.25, 0.3) is 0 Å². The molecule has 2 fully saturated rings. The summed E-state index contributed by atoms with van der Waals surface area (Å²) in [6.07, 6.45) is 2.72. The number of benzene rings is 1. The molecular weight excluding hydrogens is 198 g/mol. The minimum atomic E-state index is -0.0338. The first-order valence-corrected chi connectivity index (χ1v) is 6.21. The van der Waals surface area contributed by atoms with Gasteiger partial charge in [0.05, 0.1) is 6.61 Å². The molecule has 0 bridgehead atoms. The van der Waals surface area contributed by atoms with Crippen LogP contribution in [0.4, 0.5) is 0 Å². The minimum Gasteiger partial charge on any atom is -0.367 e. The van der Waals surface area contributed by atoms with Crippen LogP contribution in [0.25, 0.3) is 0 Å². The summed E-state index contributed by atoms with van der Waals surface area (Å²) < 4.78 is 6.19. The Morgan fingerprint density at radius 1 is 1.31 bits per heavy atom. The molecule has 2 heteroatoms. The quantitative estimate of drug-likeness (QED) is 0.835. The average Bonchev–Trinajstić information content (AvgIpc) is 3.02. The van der Waals surface area contributed by atoms with Crippen molar-refractivity contribution in [3.05, 3.63) is 35.4 Å². The van der Waals surface area contributed by atoms with Gasteiger partial charge in [-0.05, 0) is 36.8 Å². The van der Waals surface area contributed by atoms with Crippen molar-refractivity contribution in [2.75, 3.05) is 19.7 Å². The molecule has 0 spiro atoms. The molecule has 1 aromatic rings. The fourth-order valence-electron chi connectivity index (χ4n) is 2.37. The molecule has 86 valence electrons. The molecule has 1 aliphatic heterocycles. The topological polar surface area (TPSA) is 21.3 Å². The van der Waals surface area contributed by atoms with Gasteiger partial charge in [0.15, 0.2) is 0 Å². The van der Waals surface area contributed by atoms with Crippen molar-refractivity contribution in [2.45, 2.75) is 25.4 Å². The molecule has 2 aliphatic rings. The Bertz CT molecular complexity index is 380. The Morgan fingerprint density at radius 3 is 2.62 bits per heavy atom. The van der Waals surface area contributed by atoms with Crippen LogP contribution in [-0.2, 0) is 10.3 Å². The Labute approximate surface area is 97.0 Å². The van der Waals surface area contributed by atoms with Crippen LogP contribution in [0.3, 0.4) is 0 Å². The molecule has 1 saturated carbocycles. The zero-order chi connectivity index (χ0) is 11.0. The lowest BCUT2D eigenvalue weighted by Crippen LogP contribution is -2.59. The molecule has 2 nitrogen and oxygen atoms in total. The maximum Gasteiger partial charge on any atom is 0.118 e. The van der Waals surface area contributed by atoms with E-state index >= 15 is 0 Å². The van der Waals surface area contributed by atoms with Gasteiger partial charge in [-0.25, -0.2) is 0 Å². The van der Waals surface area contributed by atoms with Crippen LogP contribution < -0.4 is 5.32 Å². The molecule has 1 aromatic carbocycles. The van der Waals surface area contributed by atoms with E-state index in [1.165, 1.54) is 24.0 Å². The van der Waals surface area contributed by atoms with Crippen LogP contribution >= 0.6 is 0 Å². The van der Waals surface area contributed by atoms with E-state index in [9.17, 15) is 0 Å². The fourth-order valence-corrected chi connectivity index (χ4v) is 2.37. The second-order valence-electron chi connectivity index (χ2n) is 5.17. The van der Waals surface area contributed by atoms with Crippen molar-refractivity contribution < 1.29 is 4.74 Å². The highest BCUT2D eigenvalue weighted by molar-refractivity contribution is 5.34. The molecule has 0 amide bonds. The third kappa shape index (κ3) is 1.76. The molecule has 0 atom stereocenters. The van der Waals surface area contributed by atoms with Crippen LogP contribution in [0.1, 0.15) is 24.0 Å². The lowest BCUT2D eigenvalue weighted by molar-refractivity contribution is -0.0912. The maximum absolute atomic E-state index is 6.19. The lowest BCUT2D eigenvalue weighted by Gasteiger charge is -2.43. The molecule has 1 saturated heterocycles. The van der Waals surface area contributed by atoms with E-state index in [0.29, 0.717) is 0 Å². The van der Waals surface area contributed by atoms with E-state index in [-0.39, 0.29) is 5.60 Å². The average molecular weight is 217 g/mol. The molecule has 0 aromatic heterocycles. The normalized spacial score (nSPS) is 22.8. The molecule has 1 heterocycles. The van der Waals surface area contributed by atoms with Crippen LogP contribution in [0, 0.1) is 12.8 Å². The van der Waals surface area contributed by atoms with Crippen molar-refractivity contribution in [2.24, 2.45) is 5.92 Å². The monoisotopic (exact) mass is 217 g/mol. The van der Waals surface area contributed by atoms with Crippen molar-refractivity contribution >= 4 is 0 Å². The predicted octanol–water partition coefficient (Wildman–Crippen LogP) is 2.22. The van der Waals surface area contributed by atoms with Gasteiger partial charge in [-0.15, -0.1) is 0 Å². The zero-order valence-electron chi connectivity index (χ0n) is 9.83. The Hall–Kier alpha value is -0.860. The minimum absolute atomic E-state index is 0.0338. The second-order valence-corrected chi connectivity index (χ2v) is 5.17. The van der Waals surface area contributed by atoms with E-state index in [1.54, 1.807) is 0 Å². The maximum atomic E-state index is 6.19. The highest BCUT2D eigenvalue weighted by atomic mass is 16.5. The first-order valence-electron chi connectivity index (χ1n) is 6.21. The van der Waals surface area contributed by atoms with Gasteiger partial charge in [0.1, 0.15) is 5.60 Å². The van der Waals surface area contributed by atoms with Crippen molar-refractivity contribution in [1.29, 1.82) is 0 Å². The second kappa shape index (κ2) is 3.86. The van der Waals surface area contributed by atoms with Crippen molar-refractivity contribution in [3.8, 4) is 0 Å². The van der Waals surface area contributed by atoms with E-state index in [2.05, 4.69) is 36.5 Å². The van der Waals surface area contributed by atoms with Crippen molar-refractivity contribution in [3.63, 3.8) is 0 Å². The van der Waals surface area contributed by atoms with Crippen LogP contribution in [0.2, 0.25) is 0 Å². The highest BCUT2D eigenvalue weighted by Crippen LogP contribution is 2.36. The standard InChI is InChI=1S/C14H19NO/c1-11-4-2-3-5-13(11)14(9-15-10-14)16-8-12-6-7-12/h2-5,12,15H,6-10H2,1H3. The first-order chi connectivity index (χ1) is 7.80. The lowest BCUT2D eigenvalue weighted by atomic mass is 9.85. The van der Waals surface area contributed by atoms with Gasteiger partial charge in [-0.2, -0.15) is 0 Å². The van der Waals surface area contributed by atoms with Gasteiger partial charge in [0.2, 0.25) is 0 Å². The van der Waals surface area contributed by atoms with Gasteiger partial charge in [-0.1, -0.05) is 24.3 Å². The van der Waals surface area contributed by atoms with Crippen LogP contribution in [-0.4, -0.2) is 19.7 Å². The third-order valence-electron chi connectivity index (χ3n) is 3.75. The fraction of sp³-hybridized carbons (Fsp3) is 0.571. The van der Waals surface area contributed by atoms with E-state index in [4.69, 9.17) is 4.74 Å². The van der Waals surface area contributed by atoms with Gasteiger partial charge in [-0.3, -0.25) is 0 Å². The summed E-state index contributed by atoms with van der Waals surface area (Å²) in [6.45, 7) is 5.04. The summed E-state index contributed by atoms with van der Waals surface area (Å²) in [5.41, 5.74) is 2.68. The summed E-state index contributed by atoms with van der Waals surface area (Å²) in [6, 6.07) is 8.60. The SMILES string of the molecule is Cc1ccccc1C1(OCC2CC2)CNC1. The number of aryl methyl sites for hydroxylation is 1. The molecule has 3 rings (SSSR count). The Kier molecular flexibility index (Phi) is 2.49. The Balaban J connectivity index is 1.80. The summed E-state index contributed by atoms with van der Waals surface area (Å²) >= 11 is 0.